The fourth-order valence-corrected chi connectivity index (χ4v) is 4.93. The van der Waals surface area contributed by atoms with Gasteiger partial charge in [0.2, 0.25) is 10.0 Å². The minimum atomic E-state index is -3.78. The Balaban J connectivity index is 1.84. The second-order valence-electron chi connectivity index (χ2n) is 8.72. The van der Waals surface area contributed by atoms with E-state index in [-0.39, 0.29) is 46.4 Å². The first-order valence-corrected chi connectivity index (χ1v) is 13.4. The van der Waals surface area contributed by atoms with Gasteiger partial charge in [0, 0.05) is 28.4 Å². The number of fused-ring (bicyclic) bond motifs is 1. The minimum absolute atomic E-state index is 0.0630. The summed E-state index contributed by atoms with van der Waals surface area (Å²) in [5.74, 6) is -0.896. The number of carboxylic acid groups (broad SMARTS) is 1. The van der Waals surface area contributed by atoms with Gasteiger partial charge in [0.05, 0.1) is 31.2 Å². The molecular weight excluding hydrogens is 496 g/mol. The van der Waals surface area contributed by atoms with E-state index in [2.05, 4.69) is 5.32 Å². The monoisotopic (exact) mass is 524 g/mol. The number of nitrogens with zero attached hydrogens (tertiary/aromatic N) is 1. The molecule has 0 fully saturated rings. The van der Waals surface area contributed by atoms with Crippen molar-refractivity contribution in [1.29, 1.82) is 0 Å². The molecule has 0 aliphatic rings. The molecule has 0 radical (unpaired) electrons. The van der Waals surface area contributed by atoms with E-state index in [1.807, 2.05) is 42.5 Å². The molecular formula is C27H28N2O7S. The SMILES string of the molecule is CC(C)Oc1cc2c(C(=O)O)c(-c3ccc(Nc4ccccc4)cc3)oc2cc1N(CCO)S(C)(=O)=O. The molecule has 0 atom stereocenters. The smallest absolute Gasteiger partial charge is 0.340 e. The molecule has 0 saturated heterocycles. The van der Waals surface area contributed by atoms with Gasteiger partial charge in [0.15, 0.2) is 0 Å². The first-order chi connectivity index (χ1) is 17.6. The molecule has 194 valence electrons. The van der Waals surface area contributed by atoms with Crippen molar-refractivity contribution in [2.45, 2.75) is 20.0 Å². The van der Waals surface area contributed by atoms with Crippen molar-refractivity contribution in [1.82, 2.24) is 0 Å². The molecule has 0 bridgehead atoms. The van der Waals surface area contributed by atoms with E-state index in [0.29, 0.717) is 5.56 Å². The highest BCUT2D eigenvalue weighted by Crippen LogP contribution is 2.41. The van der Waals surface area contributed by atoms with Gasteiger partial charge < -0.3 is 24.7 Å². The molecule has 4 rings (SSSR count). The molecule has 0 saturated carbocycles. The predicted octanol–water partition coefficient (Wildman–Crippen LogP) is 5.09. The van der Waals surface area contributed by atoms with Crippen LogP contribution < -0.4 is 14.4 Å². The summed E-state index contributed by atoms with van der Waals surface area (Å²) in [6.45, 7) is 2.93. The van der Waals surface area contributed by atoms with Crippen LogP contribution in [0.1, 0.15) is 24.2 Å². The number of rotatable bonds is 10. The highest BCUT2D eigenvalue weighted by molar-refractivity contribution is 7.92. The van der Waals surface area contributed by atoms with Gasteiger partial charge in [-0.05, 0) is 56.3 Å². The van der Waals surface area contributed by atoms with Crippen molar-refractivity contribution in [3.63, 3.8) is 0 Å². The Hall–Kier alpha value is -4.02. The lowest BCUT2D eigenvalue weighted by atomic mass is 10.0. The van der Waals surface area contributed by atoms with Gasteiger partial charge in [-0.25, -0.2) is 13.2 Å². The lowest BCUT2D eigenvalue weighted by Crippen LogP contribution is -2.33. The Kier molecular flexibility index (Phi) is 7.42. The maximum absolute atomic E-state index is 12.5. The fourth-order valence-electron chi connectivity index (χ4n) is 4.02. The Morgan fingerprint density at radius 3 is 2.27 bits per heavy atom. The van der Waals surface area contributed by atoms with Gasteiger partial charge in [-0.15, -0.1) is 0 Å². The van der Waals surface area contributed by atoms with Crippen LogP contribution in [-0.2, 0) is 10.0 Å². The molecule has 1 aromatic heterocycles. The third-order valence-electron chi connectivity index (χ3n) is 5.53. The Morgan fingerprint density at radius 1 is 1.05 bits per heavy atom. The number of hydrogen-bond acceptors (Lipinski definition) is 7. The number of hydrogen-bond donors (Lipinski definition) is 3. The van der Waals surface area contributed by atoms with Crippen LogP contribution in [-0.4, -0.2) is 50.1 Å². The van der Waals surface area contributed by atoms with Gasteiger partial charge in [0.1, 0.15) is 22.7 Å². The van der Waals surface area contributed by atoms with Gasteiger partial charge in [-0.2, -0.15) is 0 Å². The first-order valence-electron chi connectivity index (χ1n) is 11.6. The van der Waals surface area contributed by atoms with E-state index in [1.165, 1.54) is 12.1 Å². The molecule has 0 aliphatic heterocycles. The van der Waals surface area contributed by atoms with Crippen molar-refractivity contribution in [2.24, 2.45) is 0 Å². The number of sulfonamides is 1. The van der Waals surface area contributed by atoms with Crippen LogP contribution in [0.3, 0.4) is 0 Å². The molecule has 0 aliphatic carbocycles. The second-order valence-corrected chi connectivity index (χ2v) is 10.6. The summed E-state index contributed by atoms with van der Waals surface area (Å²) in [5, 5.41) is 23.1. The summed E-state index contributed by atoms with van der Waals surface area (Å²) in [7, 11) is -3.78. The van der Waals surface area contributed by atoms with E-state index < -0.39 is 22.6 Å². The second kappa shape index (κ2) is 10.5. The van der Waals surface area contributed by atoms with Crippen LogP contribution in [0.5, 0.6) is 5.75 Å². The van der Waals surface area contributed by atoms with E-state index in [1.54, 1.807) is 26.0 Å². The van der Waals surface area contributed by atoms with Crippen LogP contribution in [0.2, 0.25) is 0 Å². The zero-order chi connectivity index (χ0) is 26.7. The normalized spacial score (nSPS) is 11.6. The van der Waals surface area contributed by atoms with Crippen LogP contribution >= 0.6 is 0 Å². The Labute approximate surface area is 215 Å². The molecule has 10 heteroatoms. The quantitative estimate of drug-likeness (QED) is 0.262. The summed E-state index contributed by atoms with van der Waals surface area (Å²) in [5.41, 5.74) is 2.52. The molecule has 0 spiro atoms. The Bertz CT molecular complexity index is 1510. The van der Waals surface area contributed by atoms with E-state index in [0.717, 1.165) is 21.9 Å². The molecule has 3 N–H and O–H groups in total. The van der Waals surface area contributed by atoms with Gasteiger partial charge in [0.25, 0.3) is 0 Å². The van der Waals surface area contributed by atoms with Crippen LogP contribution in [0.4, 0.5) is 17.1 Å². The number of benzene rings is 3. The maximum Gasteiger partial charge on any atom is 0.340 e. The number of aliphatic hydroxyl groups excluding tert-OH is 1. The number of para-hydroxylation sites is 1. The lowest BCUT2D eigenvalue weighted by Gasteiger charge is -2.24. The van der Waals surface area contributed by atoms with Crippen molar-refractivity contribution in [3.8, 4) is 17.1 Å². The van der Waals surface area contributed by atoms with E-state index in [9.17, 15) is 23.4 Å². The third-order valence-corrected chi connectivity index (χ3v) is 6.71. The van der Waals surface area contributed by atoms with Gasteiger partial charge in [-0.1, -0.05) is 18.2 Å². The summed E-state index contributed by atoms with van der Waals surface area (Å²) >= 11 is 0. The lowest BCUT2D eigenvalue weighted by molar-refractivity contribution is 0.0699. The predicted molar refractivity (Wildman–Crippen MR) is 143 cm³/mol. The van der Waals surface area contributed by atoms with E-state index in [4.69, 9.17) is 9.15 Å². The van der Waals surface area contributed by atoms with Crippen LogP contribution in [0, 0.1) is 0 Å². The zero-order valence-corrected chi connectivity index (χ0v) is 21.5. The number of carboxylic acids is 1. The number of anilines is 3. The standard InChI is InChI=1S/C27H28N2O7S/c1-17(2)35-24-15-21-23(16-22(24)29(13-14-30)37(3,33)34)36-26(25(21)27(31)32)18-9-11-20(12-10-18)28-19-7-5-4-6-8-19/h4-12,15-17,28,30H,13-14H2,1-3H3,(H,31,32). The van der Waals surface area contributed by atoms with Gasteiger partial charge in [-0.3, -0.25) is 4.31 Å². The molecule has 4 aromatic rings. The number of aliphatic hydroxyl groups is 1. The number of carbonyl (C=O) groups is 1. The topological polar surface area (TPSA) is 129 Å². The highest BCUT2D eigenvalue weighted by atomic mass is 32.2. The van der Waals surface area contributed by atoms with E-state index >= 15 is 0 Å². The van der Waals surface area contributed by atoms with Crippen molar-refractivity contribution >= 4 is 44.0 Å². The van der Waals surface area contributed by atoms with Crippen LogP contribution in [0.15, 0.2) is 71.1 Å². The highest BCUT2D eigenvalue weighted by Gasteiger charge is 2.27. The number of nitrogens with one attached hydrogen (secondary N) is 1. The van der Waals surface area contributed by atoms with Crippen molar-refractivity contribution < 1.29 is 32.6 Å². The molecule has 1 heterocycles. The average molecular weight is 525 g/mol. The summed E-state index contributed by atoms with van der Waals surface area (Å²) in [6, 6.07) is 19.6. The van der Waals surface area contributed by atoms with Crippen molar-refractivity contribution in [3.05, 3.63) is 72.3 Å². The maximum atomic E-state index is 12.5. The molecule has 9 nitrogen and oxygen atoms in total. The van der Waals surface area contributed by atoms with Gasteiger partial charge >= 0.3 is 5.97 Å². The number of ether oxygens (including phenoxy) is 1. The third kappa shape index (κ3) is 5.71. The fraction of sp³-hybridized carbons (Fsp3) is 0.222. The van der Waals surface area contributed by atoms with Crippen LogP contribution in [0.25, 0.3) is 22.3 Å². The molecule has 0 unspecified atom stereocenters. The summed E-state index contributed by atoms with van der Waals surface area (Å²) < 4.78 is 37.9. The zero-order valence-electron chi connectivity index (χ0n) is 20.6. The summed E-state index contributed by atoms with van der Waals surface area (Å²) in [6.07, 6.45) is 0.698. The molecule has 37 heavy (non-hydrogen) atoms. The average Bonchev–Trinajstić information content (AvgIpc) is 3.21. The summed E-state index contributed by atoms with van der Waals surface area (Å²) in [4.78, 5) is 12.3. The number of aromatic carboxylic acids is 1. The molecule has 3 aromatic carbocycles. The largest absolute Gasteiger partial charge is 0.489 e. The first kappa shape index (κ1) is 26.1. The van der Waals surface area contributed by atoms with Crippen molar-refractivity contribution in [2.75, 3.05) is 29.0 Å². The number of furan rings is 1. The molecule has 0 amide bonds. The Morgan fingerprint density at radius 2 is 1.70 bits per heavy atom. The minimum Gasteiger partial charge on any atom is -0.489 e.